The molecule has 0 fully saturated rings. The molecule has 1 atom stereocenters. The summed E-state index contributed by atoms with van der Waals surface area (Å²) in [6.45, 7) is 8.42. The van der Waals surface area contributed by atoms with Crippen molar-refractivity contribution in [2.75, 3.05) is 12.3 Å². The lowest BCUT2D eigenvalue weighted by molar-refractivity contribution is 0.520. The van der Waals surface area contributed by atoms with Crippen molar-refractivity contribution >= 4 is 11.8 Å². The number of aromatic nitrogens is 2. The third-order valence-electron chi connectivity index (χ3n) is 3.41. The van der Waals surface area contributed by atoms with Crippen LogP contribution in [0, 0.1) is 0 Å². The van der Waals surface area contributed by atoms with Gasteiger partial charge in [0.05, 0.1) is 11.7 Å². The molecule has 114 valence electrons. The molecule has 21 heavy (non-hydrogen) atoms. The standard InChI is InChI=1S/C17H25N3S/c1-4-13-20-16(11-12-19-20)17(18-5-2)14-7-9-15(10-8-14)21-6-3/h7-12,17-18H,4-6,13H2,1-3H3. The van der Waals surface area contributed by atoms with Crippen LogP contribution in [0.4, 0.5) is 0 Å². The van der Waals surface area contributed by atoms with Gasteiger partial charge in [-0.15, -0.1) is 11.8 Å². The molecule has 4 heteroatoms. The maximum atomic E-state index is 4.45. The van der Waals surface area contributed by atoms with Crippen molar-refractivity contribution < 1.29 is 0 Å². The van der Waals surface area contributed by atoms with Crippen molar-refractivity contribution in [1.82, 2.24) is 15.1 Å². The molecule has 0 aliphatic rings. The van der Waals surface area contributed by atoms with Crippen LogP contribution in [0.25, 0.3) is 0 Å². The molecule has 0 saturated carbocycles. The summed E-state index contributed by atoms with van der Waals surface area (Å²) in [6.07, 6.45) is 3.00. The van der Waals surface area contributed by atoms with E-state index in [1.807, 2.05) is 18.0 Å². The van der Waals surface area contributed by atoms with E-state index < -0.39 is 0 Å². The molecule has 1 aromatic carbocycles. The number of benzene rings is 1. The molecule has 0 radical (unpaired) electrons. The number of nitrogens with one attached hydrogen (secondary N) is 1. The summed E-state index contributed by atoms with van der Waals surface area (Å²) in [5.41, 5.74) is 2.55. The van der Waals surface area contributed by atoms with Crippen molar-refractivity contribution in [1.29, 1.82) is 0 Å². The van der Waals surface area contributed by atoms with Crippen LogP contribution < -0.4 is 5.32 Å². The molecule has 0 spiro atoms. The van der Waals surface area contributed by atoms with E-state index in [0.717, 1.165) is 25.3 Å². The topological polar surface area (TPSA) is 29.9 Å². The first-order valence-electron chi connectivity index (χ1n) is 7.78. The molecule has 1 heterocycles. The third-order valence-corrected chi connectivity index (χ3v) is 4.31. The van der Waals surface area contributed by atoms with Crippen LogP contribution >= 0.6 is 11.8 Å². The van der Waals surface area contributed by atoms with Gasteiger partial charge in [-0.25, -0.2) is 0 Å². The van der Waals surface area contributed by atoms with E-state index in [9.17, 15) is 0 Å². The molecule has 1 aromatic heterocycles. The van der Waals surface area contributed by atoms with Crippen LogP contribution in [0.5, 0.6) is 0 Å². The summed E-state index contributed by atoms with van der Waals surface area (Å²) >= 11 is 1.88. The van der Waals surface area contributed by atoms with Gasteiger partial charge >= 0.3 is 0 Å². The molecule has 3 nitrogen and oxygen atoms in total. The highest BCUT2D eigenvalue weighted by atomic mass is 32.2. The Balaban J connectivity index is 2.27. The van der Waals surface area contributed by atoms with Crippen molar-refractivity contribution in [3.8, 4) is 0 Å². The van der Waals surface area contributed by atoms with Gasteiger partial charge < -0.3 is 5.32 Å². The Bertz CT molecular complexity index is 533. The van der Waals surface area contributed by atoms with Gasteiger partial charge in [-0.1, -0.05) is 32.9 Å². The summed E-state index contributed by atoms with van der Waals surface area (Å²) in [5.74, 6) is 1.11. The van der Waals surface area contributed by atoms with E-state index in [4.69, 9.17) is 0 Å². The van der Waals surface area contributed by atoms with E-state index in [1.165, 1.54) is 16.2 Å². The second-order valence-corrected chi connectivity index (χ2v) is 6.31. The fourth-order valence-electron chi connectivity index (χ4n) is 2.51. The summed E-state index contributed by atoms with van der Waals surface area (Å²) in [4.78, 5) is 1.33. The molecule has 0 saturated heterocycles. The third kappa shape index (κ3) is 4.11. The van der Waals surface area contributed by atoms with Crippen molar-refractivity contribution in [3.05, 3.63) is 47.8 Å². The Hall–Kier alpha value is -1.26. The van der Waals surface area contributed by atoms with Gasteiger partial charge in [0.25, 0.3) is 0 Å². The Kier molecular flexibility index (Phi) is 6.33. The first kappa shape index (κ1) is 16.1. The number of thioether (sulfide) groups is 1. The number of hydrogen-bond acceptors (Lipinski definition) is 3. The summed E-state index contributed by atoms with van der Waals surface area (Å²) < 4.78 is 2.11. The molecule has 0 aliphatic heterocycles. The summed E-state index contributed by atoms with van der Waals surface area (Å²) in [6, 6.07) is 11.2. The van der Waals surface area contributed by atoms with Crippen LogP contribution in [0.2, 0.25) is 0 Å². The van der Waals surface area contributed by atoms with Gasteiger partial charge in [0.2, 0.25) is 0 Å². The minimum atomic E-state index is 0.213. The Morgan fingerprint density at radius 2 is 1.90 bits per heavy atom. The largest absolute Gasteiger partial charge is 0.305 e. The van der Waals surface area contributed by atoms with Gasteiger partial charge in [0.1, 0.15) is 0 Å². The van der Waals surface area contributed by atoms with Gasteiger partial charge in [-0.2, -0.15) is 5.10 Å². The zero-order valence-electron chi connectivity index (χ0n) is 13.2. The highest BCUT2D eigenvalue weighted by Crippen LogP contribution is 2.25. The smallest absolute Gasteiger partial charge is 0.0748 e. The van der Waals surface area contributed by atoms with Crippen LogP contribution in [0.3, 0.4) is 0 Å². The lowest BCUT2D eigenvalue weighted by Crippen LogP contribution is -2.25. The normalized spacial score (nSPS) is 12.5. The first-order valence-corrected chi connectivity index (χ1v) is 8.76. The average Bonchev–Trinajstić information content (AvgIpc) is 2.95. The zero-order chi connectivity index (χ0) is 15.1. The molecule has 0 amide bonds. The zero-order valence-corrected chi connectivity index (χ0v) is 14.0. The minimum absolute atomic E-state index is 0.213. The summed E-state index contributed by atoms with van der Waals surface area (Å²) in [5, 5.41) is 8.04. The fraction of sp³-hybridized carbons (Fsp3) is 0.471. The van der Waals surface area contributed by atoms with Crippen molar-refractivity contribution in [3.63, 3.8) is 0 Å². The number of rotatable bonds is 8. The molecule has 0 bridgehead atoms. The Morgan fingerprint density at radius 1 is 1.14 bits per heavy atom. The van der Waals surface area contributed by atoms with Crippen LogP contribution in [0.1, 0.15) is 44.5 Å². The molecule has 2 rings (SSSR count). The van der Waals surface area contributed by atoms with E-state index in [-0.39, 0.29) is 6.04 Å². The monoisotopic (exact) mass is 303 g/mol. The maximum Gasteiger partial charge on any atom is 0.0748 e. The molecular weight excluding hydrogens is 278 g/mol. The maximum absolute atomic E-state index is 4.45. The number of aryl methyl sites for hydroxylation is 1. The van der Waals surface area contributed by atoms with Crippen molar-refractivity contribution in [2.45, 2.75) is 44.7 Å². The van der Waals surface area contributed by atoms with Crippen LogP contribution in [0.15, 0.2) is 41.4 Å². The highest BCUT2D eigenvalue weighted by Gasteiger charge is 2.17. The van der Waals surface area contributed by atoms with E-state index >= 15 is 0 Å². The van der Waals surface area contributed by atoms with E-state index in [1.54, 1.807) is 0 Å². The minimum Gasteiger partial charge on any atom is -0.305 e. The van der Waals surface area contributed by atoms with Crippen LogP contribution in [-0.2, 0) is 6.54 Å². The number of nitrogens with zero attached hydrogens (tertiary/aromatic N) is 2. The van der Waals surface area contributed by atoms with Gasteiger partial charge in [-0.3, -0.25) is 4.68 Å². The van der Waals surface area contributed by atoms with Gasteiger partial charge in [0, 0.05) is 17.6 Å². The molecular formula is C17H25N3S. The predicted molar refractivity (Wildman–Crippen MR) is 90.9 cm³/mol. The average molecular weight is 303 g/mol. The lowest BCUT2D eigenvalue weighted by Gasteiger charge is -2.20. The molecule has 2 aromatic rings. The second kappa shape index (κ2) is 8.25. The van der Waals surface area contributed by atoms with E-state index in [2.05, 4.69) is 66.2 Å². The molecule has 1 unspecified atom stereocenters. The Morgan fingerprint density at radius 3 is 2.52 bits per heavy atom. The van der Waals surface area contributed by atoms with Gasteiger partial charge in [0.15, 0.2) is 0 Å². The highest BCUT2D eigenvalue weighted by molar-refractivity contribution is 7.99. The second-order valence-electron chi connectivity index (χ2n) is 4.97. The van der Waals surface area contributed by atoms with Crippen molar-refractivity contribution in [2.24, 2.45) is 0 Å². The lowest BCUT2D eigenvalue weighted by atomic mass is 10.0. The molecule has 1 N–H and O–H groups in total. The van der Waals surface area contributed by atoms with Gasteiger partial charge in [-0.05, 0) is 42.5 Å². The Labute approximate surface area is 132 Å². The van der Waals surface area contributed by atoms with Crippen LogP contribution in [-0.4, -0.2) is 22.1 Å². The number of hydrogen-bond donors (Lipinski definition) is 1. The summed E-state index contributed by atoms with van der Waals surface area (Å²) in [7, 11) is 0. The fourth-order valence-corrected chi connectivity index (χ4v) is 3.17. The predicted octanol–water partition coefficient (Wildman–Crippen LogP) is 4.10. The SMILES string of the molecule is CCCn1nccc1C(NCC)c1ccc(SCC)cc1. The first-order chi connectivity index (χ1) is 10.3. The quantitative estimate of drug-likeness (QED) is 0.745. The van der Waals surface area contributed by atoms with E-state index in [0.29, 0.717) is 0 Å². The molecule has 0 aliphatic carbocycles.